The Labute approximate surface area is 184 Å². The molecule has 0 spiro atoms. The van der Waals surface area contributed by atoms with Gasteiger partial charge in [-0.25, -0.2) is 10.4 Å². The third-order valence-electron chi connectivity index (χ3n) is 4.57. The summed E-state index contributed by atoms with van der Waals surface area (Å²) in [6.07, 6.45) is 1.55. The third kappa shape index (κ3) is 4.99. The van der Waals surface area contributed by atoms with E-state index in [1.54, 1.807) is 48.7 Å². The summed E-state index contributed by atoms with van der Waals surface area (Å²) < 4.78 is 5.45. The van der Waals surface area contributed by atoms with Gasteiger partial charge in [-0.3, -0.25) is 14.6 Å². The number of hydrazone groups is 1. The van der Waals surface area contributed by atoms with Crippen LogP contribution in [-0.4, -0.2) is 28.7 Å². The van der Waals surface area contributed by atoms with Crippen LogP contribution in [0, 0.1) is 0 Å². The van der Waals surface area contributed by atoms with Crippen molar-refractivity contribution in [3.63, 3.8) is 0 Å². The molecule has 0 aliphatic rings. The zero-order valence-electron chi connectivity index (χ0n) is 17.3. The number of hydrogen-bond donors (Lipinski definition) is 3. The van der Waals surface area contributed by atoms with Crippen LogP contribution in [-0.2, 0) is 0 Å². The lowest BCUT2D eigenvalue weighted by molar-refractivity contribution is 0.0955. The molecule has 32 heavy (non-hydrogen) atoms. The molecule has 3 N–H and O–H groups in total. The minimum absolute atomic E-state index is 0.223. The van der Waals surface area contributed by atoms with Crippen LogP contribution < -0.4 is 21.0 Å². The minimum atomic E-state index is -0.342. The number of fused-ring (bicyclic) bond motifs is 1. The molecule has 3 aromatic carbocycles. The molecule has 0 bridgehead atoms. The molecule has 0 aliphatic carbocycles. The molecule has 1 aromatic heterocycles. The van der Waals surface area contributed by atoms with Crippen molar-refractivity contribution in [2.24, 2.45) is 5.10 Å². The van der Waals surface area contributed by atoms with E-state index in [2.05, 4.69) is 25.8 Å². The number of aromatic nitrogens is 2. The summed E-state index contributed by atoms with van der Waals surface area (Å²) in [5.41, 5.74) is 4.81. The van der Waals surface area contributed by atoms with Crippen molar-refractivity contribution in [3.05, 3.63) is 94.3 Å². The van der Waals surface area contributed by atoms with Gasteiger partial charge in [0.15, 0.2) is 0 Å². The van der Waals surface area contributed by atoms with Crippen LogP contribution in [0.15, 0.2) is 82.7 Å². The number of anilines is 2. The lowest BCUT2D eigenvalue weighted by atomic mass is 10.2. The van der Waals surface area contributed by atoms with Crippen molar-refractivity contribution in [2.75, 3.05) is 11.9 Å². The van der Waals surface area contributed by atoms with E-state index in [-0.39, 0.29) is 11.5 Å². The summed E-state index contributed by atoms with van der Waals surface area (Å²) in [5, 5.41) is 7.57. The average Bonchev–Trinajstić information content (AvgIpc) is 2.80. The van der Waals surface area contributed by atoms with Crippen LogP contribution in [0.25, 0.3) is 10.9 Å². The van der Waals surface area contributed by atoms with Gasteiger partial charge in [0, 0.05) is 11.3 Å². The summed E-state index contributed by atoms with van der Waals surface area (Å²) in [6, 6.07) is 21.3. The smallest absolute Gasteiger partial charge is 0.271 e. The Morgan fingerprint density at radius 2 is 1.91 bits per heavy atom. The molecular formula is C24H21N5O3. The number of hydrogen-bond acceptors (Lipinski definition) is 6. The molecular weight excluding hydrogens is 406 g/mol. The molecule has 0 aliphatic heterocycles. The number of ether oxygens (including phenoxy) is 1. The van der Waals surface area contributed by atoms with E-state index in [9.17, 15) is 9.59 Å². The number of carbonyl (C=O) groups excluding carboxylic acids is 1. The second-order valence-electron chi connectivity index (χ2n) is 6.84. The monoisotopic (exact) mass is 427 g/mol. The third-order valence-corrected chi connectivity index (χ3v) is 4.57. The van der Waals surface area contributed by atoms with Crippen molar-refractivity contribution in [1.29, 1.82) is 0 Å². The summed E-state index contributed by atoms with van der Waals surface area (Å²) >= 11 is 0. The van der Waals surface area contributed by atoms with Gasteiger partial charge in [-0.05, 0) is 61.0 Å². The highest BCUT2D eigenvalue weighted by Crippen LogP contribution is 2.15. The van der Waals surface area contributed by atoms with Gasteiger partial charge in [0.05, 0.1) is 23.7 Å². The highest BCUT2D eigenvalue weighted by Gasteiger charge is 2.06. The van der Waals surface area contributed by atoms with Crippen LogP contribution >= 0.6 is 0 Å². The van der Waals surface area contributed by atoms with Gasteiger partial charge >= 0.3 is 0 Å². The van der Waals surface area contributed by atoms with Crippen LogP contribution in [0.1, 0.15) is 22.8 Å². The number of benzene rings is 3. The number of nitrogens with one attached hydrogen (secondary N) is 3. The predicted octanol–water partition coefficient (Wildman–Crippen LogP) is 3.83. The van der Waals surface area contributed by atoms with Crippen molar-refractivity contribution < 1.29 is 9.53 Å². The Morgan fingerprint density at radius 3 is 2.72 bits per heavy atom. The molecule has 0 radical (unpaired) electrons. The molecule has 1 heterocycles. The maximum Gasteiger partial charge on any atom is 0.271 e. The molecule has 0 saturated carbocycles. The van der Waals surface area contributed by atoms with Gasteiger partial charge in [-0.15, -0.1) is 0 Å². The van der Waals surface area contributed by atoms with Crippen LogP contribution in [0.2, 0.25) is 0 Å². The fourth-order valence-corrected chi connectivity index (χ4v) is 3.07. The first kappa shape index (κ1) is 20.8. The van der Waals surface area contributed by atoms with Crippen LogP contribution in [0.3, 0.4) is 0 Å². The van der Waals surface area contributed by atoms with Crippen LogP contribution in [0.4, 0.5) is 11.6 Å². The molecule has 0 saturated heterocycles. The van der Waals surface area contributed by atoms with E-state index >= 15 is 0 Å². The number of para-hydroxylation sites is 1. The normalized spacial score (nSPS) is 10.9. The lowest BCUT2D eigenvalue weighted by Crippen LogP contribution is -2.17. The maximum absolute atomic E-state index is 12.3. The predicted molar refractivity (Wildman–Crippen MR) is 125 cm³/mol. The number of rotatable bonds is 7. The summed E-state index contributed by atoms with van der Waals surface area (Å²) in [5.74, 6) is 0.726. The molecule has 4 aromatic rings. The van der Waals surface area contributed by atoms with Crippen molar-refractivity contribution in [3.8, 4) is 5.75 Å². The molecule has 8 nitrogen and oxygen atoms in total. The molecule has 0 fully saturated rings. The van der Waals surface area contributed by atoms with E-state index in [1.807, 2.05) is 37.3 Å². The molecule has 1 amide bonds. The number of nitrogens with zero attached hydrogens (tertiary/aromatic N) is 2. The zero-order valence-corrected chi connectivity index (χ0v) is 17.3. The van der Waals surface area contributed by atoms with Crippen molar-refractivity contribution >= 4 is 34.7 Å². The summed E-state index contributed by atoms with van der Waals surface area (Å²) in [7, 11) is 0. The molecule has 160 valence electrons. The number of carbonyl (C=O) groups is 1. The van der Waals surface area contributed by atoms with E-state index in [0.29, 0.717) is 34.7 Å². The number of amides is 1. The summed E-state index contributed by atoms with van der Waals surface area (Å²) in [4.78, 5) is 31.6. The Bertz CT molecular complexity index is 1330. The van der Waals surface area contributed by atoms with E-state index in [4.69, 9.17) is 4.74 Å². The van der Waals surface area contributed by atoms with Gasteiger partial charge in [-0.1, -0.05) is 24.3 Å². The van der Waals surface area contributed by atoms with Crippen LogP contribution in [0.5, 0.6) is 5.75 Å². The fraction of sp³-hybridized carbons (Fsp3) is 0.0833. The van der Waals surface area contributed by atoms with Gasteiger partial charge in [-0.2, -0.15) is 5.10 Å². The van der Waals surface area contributed by atoms with E-state index in [0.717, 1.165) is 11.3 Å². The first-order valence-electron chi connectivity index (χ1n) is 10.0. The Hall–Kier alpha value is -4.46. The molecule has 0 unspecified atom stereocenters. The molecule has 0 atom stereocenters. The highest BCUT2D eigenvalue weighted by atomic mass is 16.5. The SMILES string of the molecule is CCOc1cccc(/C=N\NC(=O)c2ccc(Nc3nc4ccccc4c(=O)[nH]3)cc2)c1. The second-order valence-corrected chi connectivity index (χ2v) is 6.84. The quantitative estimate of drug-likeness (QED) is 0.307. The average molecular weight is 427 g/mol. The highest BCUT2D eigenvalue weighted by molar-refractivity contribution is 5.95. The number of H-pyrrole nitrogens is 1. The van der Waals surface area contributed by atoms with Gasteiger partial charge < -0.3 is 10.1 Å². The van der Waals surface area contributed by atoms with Crippen molar-refractivity contribution in [1.82, 2.24) is 15.4 Å². The lowest BCUT2D eigenvalue weighted by Gasteiger charge is -2.07. The largest absolute Gasteiger partial charge is 0.494 e. The first-order valence-corrected chi connectivity index (χ1v) is 10.0. The maximum atomic E-state index is 12.3. The minimum Gasteiger partial charge on any atom is -0.494 e. The topological polar surface area (TPSA) is 108 Å². The fourth-order valence-electron chi connectivity index (χ4n) is 3.07. The Balaban J connectivity index is 1.39. The standard InChI is InChI=1S/C24H21N5O3/c1-2-32-19-7-5-6-16(14-19)15-25-29-22(30)17-10-12-18(13-11-17)26-24-27-21-9-4-3-8-20(21)23(31)28-24/h3-15H,2H2,1H3,(H,29,30)(H2,26,27,28,31)/b25-15-. The zero-order chi connectivity index (χ0) is 22.3. The van der Waals surface area contributed by atoms with Gasteiger partial charge in [0.25, 0.3) is 11.5 Å². The van der Waals surface area contributed by atoms with E-state index in [1.165, 1.54) is 0 Å². The Morgan fingerprint density at radius 1 is 1.09 bits per heavy atom. The van der Waals surface area contributed by atoms with Gasteiger partial charge in [0.1, 0.15) is 5.75 Å². The number of aromatic amines is 1. The molecule has 4 rings (SSSR count). The van der Waals surface area contributed by atoms with Crippen molar-refractivity contribution in [2.45, 2.75) is 6.92 Å². The summed E-state index contributed by atoms with van der Waals surface area (Å²) in [6.45, 7) is 2.49. The first-order chi connectivity index (χ1) is 15.6. The molecule has 8 heteroatoms. The van der Waals surface area contributed by atoms with Gasteiger partial charge in [0.2, 0.25) is 5.95 Å². The van der Waals surface area contributed by atoms with E-state index < -0.39 is 0 Å². The Kier molecular flexibility index (Phi) is 6.22. The second kappa shape index (κ2) is 9.57.